The van der Waals surface area contributed by atoms with E-state index in [9.17, 15) is 4.39 Å². The summed E-state index contributed by atoms with van der Waals surface area (Å²) in [7, 11) is 1.97. The fourth-order valence-electron chi connectivity index (χ4n) is 5.16. The summed E-state index contributed by atoms with van der Waals surface area (Å²) < 4.78 is 13.6. The highest BCUT2D eigenvalue weighted by molar-refractivity contribution is 5.89. The topological polar surface area (TPSA) is 30.9 Å². The first-order valence-electron chi connectivity index (χ1n) is 11.8. The normalized spacial score (nSPS) is 24.5. The van der Waals surface area contributed by atoms with E-state index >= 15 is 0 Å². The van der Waals surface area contributed by atoms with E-state index < -0.39 is 0 Å². The largest absolute Gasteiger partial charge is 0.388 e. The number of nitrogens with zero attached hydrogens (tertiary/aromatic N) is 3. The van der Waals surface area contributed by atoms with Crippen molar-refractivity contribution in [3.8, 4) is 0 Å². The lowest BCUT2D eigenvalue weighted by Crippen LogP contribution is -2.48. The molecule has 3 aliphatic rings. The second-order valence-corrected chi connectivity index (χ2v) is 9.05. The van der Waals surface area contributed by atoms with Crippen LogP contribution in [0.25, 0.3) is 5.57 Å². The van der Waals surface area contributed by atoms with Gasteiger partial charge in [-0.25, -0.2) is 9.38 Å². The molecule has 0 radical (unpaired) electrons. The number of piperidine rings is 1. The maximum Gasteiger partial charge on any atom is 0.127 e. The molecule has 0 aromatic heterocycles. The predicted molar refractivity (Wildman–Crippen MR) is 131 cm³/mol. The van der Waals surface area contributed by atoms with Crippen molar-refractivity contribution >= 4 is 11.4 Å². The predicted octanol–water partition coefficient (Wildman–Crippen LogP) is 5.69. The summed E-state index contributed by atoms with van der Waals surface area (Å²) in [5, 5.41) is 3.30. The quantitative estimate of drug-likeness (QED) is 0.661. The molecule has 1 aliphatic carbocycles. The fraction of sp³-hybridized carbons (Fsp3) is 0.444. The van der Waals surface area contributed by atoms with Gasteiger partial charge in [0.25, 0.3) is 0 Å². The molecule has 4 nitrogen and oxygen atoms in total. The minimum atomic E-state index is -0.205. The Labute approximate surface area is 191 Å². The Morgan fingerprint density at radius 1 is 1.12 bits per heavy atom. The molecule has 2 aliphatic heterocycles. The van der Waals surface area contributed by atoms with Gasteiger partial charge in [0.05, 0.1) is 6.04 Å². The zero-order valence-electron chi connectivity index (χ0n) is 19.7. The first kappa shape index (κ1) is 22.4. The lowest BCUT2D eigenvalue weighted by Gasteiger charge is -2.42. The summed E-state index contributed by atoms with van der Waals surface area (Å²) in [5.41, 5.74) is 6.03. The number of hydrogen-bond donors (Lipinski definition) is 1. The minimum Gasteiger partial charge on any atom is -0.388 e. The maximum atomic E-state index is 13.6. The highest BCUT2D eigenvalue weighted by Crippen LogP contribution is 2.37. The zero-order chi connectivity index (χ0) is 22.7. The molecule has 0 spiro atoms. The van der Waals surface area contributed by atoms with E-state index in [0.717, 1.165) is 30.9 Å². The average molecular weight is 435 g/mol. The number of halogens is 1. The molecule has 1 aromatic rings. The van der Waals surface area contributed by atoms with E-state index in [1.807, 2.05) is 25.4 Å². The number of likely N-dealkylation sites (tertiary alicyclic amines) is 1. The summed E-state index contributed by atoms with van der Waals surface area (Å²) in [6, 6.07) is 7.02. The van der Waals surface area contributed by atoms with Gasteiger partial charge in [-0.1, -0.05) is 18.2 Å². The third-order valence-electron chi connectivity index (χ3n) is 6.95. The van der Waals surface area contributed by atoms with Gasteiger partial charge in [-0.3, -0.25) is 0 Å². The molecule has 4 rings (SSSR count). The number of rotatable bonds is 4. The molecule has 0 saturated carbocycles. The third-order valence-corrected chi connectivity index (χ3v) is 6.95. The van der Waals surface area contributed by atoms with Crippen LogP contribution in [0.1, 0.15) is 52.0 Å². The Balaban J connectivity index is 1.73. The van der Waals surface area contributed by atoms with E-state index in [1.54, 1.807) is 12.1 Å². The Morgan fingerprint density at radius 3 is 2.50 bits per heavy atom. The molecule has 2 unspecified atom stereocenters. The summed E-state index contributed by atoms with van der Waals surface area (Å²) >= 11 is 0. The van der Waals surface area contributed by atoms with Crippen LogP contribution in [0, 0.1) is 11.7 Å². The Hall–Kier alpha value is -2.82. The number of amidine groups is 1. The lowest BCUT2D eigenvalue weighted by atomic mass is 9.86. The van der Waals surface area contributed by atoms with Crippen LogP contribution in [-0.2, 0) is 0 Å². The van der Waals surface area contributed by atoms with Crippen LogP contribution in [0.5, 0.6) is 0 Å². The van der Waals surface area contributed by atoms with Crippen LogP contribution < -0.4 is 5.32 Å². The molecule has 170 valence electrons. The van der Waals surface area contributed by atoms with Crippen molar-refractivity contribution in [2.75, 3.05) is 20.1 Å². The minimum absolute atomic E-state index is 0.145. The van der Waals surface area contributed by atoms with Gasteiger partial charge in [-0.15, -0.1) is 0 Å². The van der Waals surface area contributed by atoms with E-state index in [4.69, 9.17) is 4.99 Å². The number of nitrogens with one attached hydrogen (secondary N) is 1. The Morgan fingerprint density at radius 2 is 1.84 bits per heavy atom. The molecular weight excluding hydrogens is 399 g/mol. The number of benzene rings is 1. The highest BCUT2D eigenvalue weighted by atomic mass is 19.1. The van der Waals surface area contributed by atoms with Crippen molar-refractivity contribution in [3.05, 3.63) is 77.2 Å². The van der Waals surface area contributed by atoms with Gasteiger partial charge < -0.3 is 15.1 Å². The van der Waals surface area contributed by atoms with Crippen molar-refractivity contribution in [3.63, 3.8) is 0 Å². The van der Waals surface area contributed by atoms with E-state index in [0.29, 0.717) is 0 Å². The summed E-state index contributed by atoms with van der Waals surface area (Å²) in [5.74, 6) is 1.19. The van der Waals surface area contributed by atoms with E-state index in [1.165, 1.54) is 41.8 Å². The van der Waals surface area contributed by atoms with Gasteiger partial charge in [0.15, 0.2) is 0 Å². The molecule has 0 amide bonds. The van der Waals surface area contributed by atoms with E-state index in [-0.39, 0.29) is 17.8 Å². The van der Waals surface area contributed by atoms with Gasteiger partial charge in [0, 0.05) is 49.8 Å². The molecule has 0 bridgehead atoms. The summed E-state index contributed by atoms with van der Waals surface area (Å²) in [4.78, 5) is 9.65. The van der Waals surface area contributed by atoms with Crippen molar-refractivity contribution in [2.24, 2.45) is 10.9 Å². The smallest absolute Gasteiger partial charge is 0.127 e. The van der Waals surface area contributed by atoms with Gasteiger partial charge >= 0.3 is 0 Å². The Bertz CT molecular complexity index is 977. The molecule has 2 heterocycles. The number of aliphatic imine (C=N–C) groups is 1. The summed E-state index contributed by atoms with van der Waals surface area (Å²) in [6.45, 7) is 8.78. The maximum absolute atomic E-state index is 13.6. The number of allylic oxidation sites excluding steroid dienone is 4. The van der Waals surface area contributed by atoms with Crippen LogP contribution in [0.3, 0.4) is 0 Å². The molecule has 1 aromatic carbocycles. The first-order valence-corrected chi connectivity index (χ1v) is 11.8. The second-order valence-electron chi connectivity index (χ2n) is 9.05. The molecule has 2 atom stereocenters. The lowest BCUT2D eigenvalue weighted by molar-refractivity contribution is 0.300. The number of likely N-dealkylation sites (N-methyl/N-ethyl adjacent to an activating group) is 1. The monoisotopic (exact) mass is 434 g/mol. The van der Waals surface area contributed by atoms with Gasteiger partial charge in [-0.05, 0) is 81.4 Å². The van der Waals surface area contributed by atoms with Crippen LogP contribution in [0.15, 0.2) is 70.8 Å². The van der Waals surface area contributed by atoms with Gasteiger partial charge in [0.2, 0.25) is 0 Å². The molecular formula is C27H35FN4. The van der Waals surface area contributed by atoms with Gasteiger partial charge in [0.1, 0.15) is 11.7 Å². The molecule has 1 fully saturated rings. The fourth-order valence-corrected chi connectivity index (χ4v) is 5.16. The van der Waals surface area contributed by atoms with Crippen LogP contribution in [0.4, 0.5) is 4.39 Å². The zero-order valence-corrected chi connectivity index (χ0v) is 19.7. The van der Waals surface area contributed by atoms with Gasteiger partial charge in [-0.2, -0.15) is 0 Å². The van der Waals surface area contributed by atoms with Crippen molar-refractivity contribution in [1.82, 2.24) is 15.1 Å². The summed E-state index contributed by atoms with van der Waals surface area (Å²) in [6.07, 6.45) is 13.3. The van der Waals surface area contributed by atoms with Crippen molar-refractivity contribution in [2.45, 2.75) is 52.5 Å². The average Bonchev–Trinajstić information content (AvgIpc) is 2.81. The molecule has 5 heteroatoms. The molecule has 1 N–H and O–H groups in total. The Kier molecular flexibility index (Phi) is 6.83. The third kappa shape index (κ3) is 4.52. The van der Waals surface area contributed by atoms with Crippen LogP contribution in [-0.4, -0.2) is 41.8 Å². The SMILES string of the molecule is CNC1=C(C)CC(/C(=C(/C)c2ccc(F)cc2)N2C=CN=C(N3CCCCC3)C2C)C=C1. The molecule has 32 heavy (non-hydrogen) atoms. The van der Waals surface area contributed by atoms with Crippen molar-refractivity contribution < 1.29 is 4.39 Å². The first-order chi connectivity index (χ1) is 15.5. The van der Waals surface area contributed by atoms with Crippen molar-refractivity contribution in [1.29, 1.82) is 0 Å². The molecule has 1 saturated heterocycles. The van der Waals surface area contributed by atoms with Crippen LogP contribution >= 0.6 is 0 Å². The highest BCUT2D eigenvalue weighted by Gasteiger charge is 2.32. The standard InChI is InChI=1S/C27H35FN4/c1-19-18-23(10-13-25(19)29-4)26(20(2)22-8-11-24(28)12-9-22)32-17-14-30-27(21(32)3)31-15-6-5-7-16-31/h8-14,17,21,23,29H,5-7,15-16,18H2,1-4H3/b26-20+. The second kappa shape index (κ2) is 9.76. The number of hydrogen-bond acceptors (Lipinski definition) is 4. The van der Waals surface area contributed by atoms with E-state index in [2.05, 4.69) is 54.2 Å². The van der Waals surface area contributed by atoms with Crippen LogP contribution in [0.2, 0.25) is 0 Å².